The topological polar surface area (TPSA) is 71.2 Å². The monoisotopic (exact) mass is 282 g/mol. The van der Waals surface area contributed by atoms with Crippen LogP contribution in [0.4, 0.5) is 5.82 Å². The number of carbonyl (C=O) groups is 1. The first kappa shape index (κ1) is 14.1. The zero-order chi connectivity index (χ0) is 13.8. The molecule has 1 saturated heterocycles. The van der Waals surface area contributed by atoms with E-state index < -0.39 is 0 Å². The second kappa shape index (κ2) is 6.21. The number of hydrazine groups is 1. The molecule has 1 aromatic rings. The van der Waals surface area contributed by atoms with E-state index in [1.54, 1.807) is 6.07 Å². The van der Waals surface area contributed by atoms with Crippen molar-refractivity contribution in [3.05, 3.63) is 22.8 Å². The molecular formula is C13H19ClN4O. The number of nitrogens with one attached hydrogen (secondary N) is 1. The van der Waals surface area contributed by atoms with Crippen LogP contribution in [-0.4, -0.2) is 28.9 Å². The van der Waals surface area contributed by atoms with E-state index in [0.29, 0.717) is 22.3 Å². The summed E-state index contributed by atoms with van der Waals surface area (Å²) in [6, 6.07) is 1.61. The van der Waals surface area contributed by atoms with Gasteiger partial charge in [0.05, 0.1) is 10.6 Å². The van der Waals surface area contributed by atoms with Gasteiger partial charge >= 0.3 is 0 Å². The van der Waals surface area contributed by atoms with Gasteiger partial charge in [-0.2, -0.15) is 0 Å². The molecule has 1 unspecified atom stereocenters. The van der Waals surface area contributed by atoms with Gasteiger partial charge in [-0.25, -0.2) is 10.8 Å². The van der Waals surface area contributed by atoms with Gasteiger partial charge in [-0.3, -0.25) is 4.79 Å². The SMILES string of the molecule is CCC1CCCN(C(=O)c2cnc(NN)c(Cl)c2)C1. The molecule has 1 fully saturated rings. The number of hydrogen-bond acceptors (Lipinski definition) is 4. The third kappa shape index (κ3) is 3.16. The molecule has 0 bridgehead atoms. The predicted molar refractivity (Wildman–Crippen MR) is 76.0 cm³/mol. The summed E-state index contributed by atoms with van der Waals surface area (Å²) in [5.41, 5.74) is 2.90. The first-order valence-corrected chi connectivity index (χ1v) is 6.95. The van der Waals surface area contributed by atoms with E-state index in [-0.39, 0.29) is 5.91 Å². The smallest absolute Gasteiger partial charge is 0.255 e. The molecule has 1 aromatic heterocycles. The molecule has 0 aromatic carbocycles. The lowest BCUT2D eigenvalue weighted by molar-refractivity contribution is 0.0671. The number of nitrogens with zero attached hydrogens (tertiary/aromatic N) is 2. The summed E-state index contributed by atoms with van der Waals surface area (Å²) in [6.45, 7) is 3.80. The number of nitrogen functional groups attached to an aromatic ring is 1. The van der Waals surface area contributed by atoms with E-state index in [1.165, 1.54) is 12.6 Å². The molecule has 1 amide bonds. The van der Waals surface area contributed by atoms with E-state index in [0.717, 1.165) is 25.9 Å². The van der Waals surface area contributed by atoms with Crippen molar-refractivity contribution in [1.82, 2.24) is 9.88 Å². The number of pyridine rings is 1. The van der Waals surface area contributed by atoms with Gasteiger partial charge in [-0.05, 0) is 24.8 Å². The maximum Gasteiger partial charge on any atom is 0.255 e. The summed E-state index contributed by atoms with van der Waals surface area (Å²) in [7, 11) is 0. The predicted octanol–water partition coefficient (Wildman–Crippen LogP) is 2.28. The standard InChI is InChI=1S/C13H19ClN4O/c1-2-9-4-3-5-18(8-9)13(19)10-6-11(14)12(17-15)16-7-10/h6-7,9H,2-5,8,15H2,1H3,(H,16,17). The van der Waals surface area contributed by atoms with Gasteiger partial charge < -0.3 is 10.3 Å². The van der Waals surface area contributed by atoms with Crippen LogP contribution in [-0.2, 0) is 0 Å². The molecule has 2 heterocycles. The lowest BCUT2D eigenvalue weighted by Crippen LogP contribution is -2.39. The van der Waals surface area contributed by atoms with Crippen LogP contribution in [0.2, 0.25) is 5.02 Å². The van der Waals surface area contributed by atoms with E-state index in [1.807, 2.05) is 4.90 Å². The third-order valence-corrected chi connectivity index (χ3v) is 3.90. The Morgan fingerprint density at radius 2 is 2.47 bits per heavy atom. The van der Waals surface area contributed by atoms with E-state index in [4.69, 9.17) is 17.4 Å². The first-order chi connectivity index (χ1) is 9.15. The molecule has 1 aliphatic rings. The lowest BCUT2D eigenvalue weighted by atomic mass is 9.95. The molecule has 3 N–H and O–H groups in total. The Hall–Kier alpha value is -1.33. The molecule has 104 valence electrons. The van der Waals surface area contributed by atoms with Gasteiger partial charge in [0.1, 0.15) is 0 Å². The molecule has 1 atom stereocenters. The molecule has 0 spiro atoms. The Morgan fingerprint density at radius 1 is 1.68 bits per heavy atom. The zero-order valence-electron chi connectivity index (χ0n) is 11.0. The zero-order valence-corrected chi connectivity index (χ0v) is 11.8. The van der Waals surface area contributed by atoms with Crippen molar-refractivity contribution in [3.8, 4) is 0 Å². The summed E-state index contributed by atoms with van der Waals surface area (Å²) in [6.07, 6.45) is 4.89. The van der Waals surface area contributed by atoms with Gasteiger partial charge in [-0.15, -0.1) is 0 Å². The number of anilines is 1. The Balaban J connectivity index is 2.12. The highest BCUT2D eigenvalue weighted by atomic mass is 35.5. The Kier molecular flexibility index (Phi) is 4.61. The van der Waals surface area contributed by atoms with Crippen molar-refractivity contribution in [2.75, 3.05) is 18.5 Å². The molecule has 2 rings (SSSR count). The fourth-order valence-corrected chi connectivity index (χ4v) is 2.65. The van der Waals surface area contributed by atoms with E-state index in [2.05, 4.69) is 17.3 Å². The summed E-state index contributed by atoms with van der Waals surface area (Å²) in [4.78, 5) is 18.3. The number of rotatable bonds is 3. The van der Waals surface area contributed by atoms with Crippen molar-refractivity contribution < 1.29 is 4.79 Å². The first-order valence-electron chi connectivity index (χ1n) is 6.57. The van der Waals surface area contributed by atoms with Crippen LogP contribution in [0.15, 0.2) is 12.3 Å². The average Bonchev–Trinajstić information content (AvgIpc) is 2.46. The Morgan fingerprint density at radius 3 is 3.11 bits per heavy atom. The van der Waals surface area contributed by atoms with Crippen molar-refractivity contribution in [1.29, 1.82) is 0 Å². The van der Waals surface area contributed by atoms with Crippen molar-refractivity contribution in [3.63, 3.8) is 0 Å². The summed E-state index contributed by atoms with van der Waals surface area (Å²) in [5, 5.41) is 0.359. The van der Waals surface area contributed by atoms with Crippen LogP contribution in [0.25, 0.3) is 0 Å². The summed E-state index contributed by atoms with van der Waals surface area (Å²) >= 11 is 5.99. The van der Waals surface area contributed by atoms with Crippen molar-refractivity contribution in [2.24, 2.45) is 11.8 Å². The number of aromatic nitrogens is 1. The minimum absolute atomic E-state index is 0.00359. The molecule has 1 aliphatic heterocycles. The van der Waals surface area contributed by atoms with Gasteiger partial charge in [0.25, 0.3) is 5.91 Å². The largest absolute Gasteiger partial charge is 0.338 e. The number of piperidine rings is 1. The van der Waals surface area contributed by atoms with E-state index >= 15 is 0 Å². The fourth-order valence-electron chi connectivity index (χ4n) is 2.43. The average molecular weight is 283 g/mol. The number of hydrogen-bond donors (Lipinski definition) is 2. The molecule has 6 heteroatoms. The fraction of sp³-hybridized carbons (Fsp3) is 0.538. The number of likely N-dealkylation sites (tertiary alicyclic amines) is 1. The second-order valence-corrected chi connectivity index (χ2v) is 5.27. The number of nitrogens with two attached hydrogens (primary N) is 1. The Labute approximate surface area is 118 Å². The number of carbonyl (C=O) groups excluding carboxylic acids is 1. The second-order valence-electron chi connectivity index (χ2n) is 4.87. The molecule has 0 radical (unpaired) electrons. The maximum absolute atomic E-state index is 12.4. The van der Waals surface area contributed by atoms with Crippen LogP contribution in [0.5, 0.6) is 0 Å². The van der Waals surface area contributed by atoms with Crippen molar-refractivity contribution in [2.45, 2.75) is 26.2 Å². The third-order valence-electron chi connectivity index (χ3n) is 3.61. The highest BCUT2D eigenvalue weighted by molar-refractivity contribution is 6.33. The molecule has 5 nitrogen and oxygen atoms in total. The Bertz CT molecular complexity index is 466. The van der Waals surface area contributed by atoms with Gasteiger partial charge in [0, 0.05) is 19.3 Å². The maximum atomic E-state index is 12.4. The normalized spacial score (nSPS) is 19.3. The number of halogens is 1. The van der Waals surface area contributed by atoms with Crippen LogP contribution in [0, 0.1) is 5.92 Å². The highest BCUT2D eigenvalue weighted by Crippen LogP contribution is 2.23. The molecule has 19 heavy (non-hydrogen) atoms. The molecule has 0 aliphatic carbocycles. The summed E-state index contributed by atoms with van der Waals surface area (Å²) in [5.74, 6) is 6.24. The lowest BCUT2D eigenvalue weighted by Gasteiger charge is -2.32. The quantitative estimate of drug-likeness (QED) is 0.659. The van der Waals surface area contributed by atoms with Gasteiger partial charge in [0.15, 0.2) is 5.82 Å². The van der Waals surface area contributed by atoms with Crippen LogP contribution in [0.3, 0.4) is 0 Å². The summed E-state index contributed by atoms with van der Waals surface area (Å²) < 4.78 is 0. The van der Waals surface area contributed by atoms with E-state index in [9.17, 15) is 4.79 Å². The van der Waals surface area contributed by atoms with Crippen LogP contribution >= 0.6 is 11.6 Å². The minimum Gasteiger partial charge on any atom is -0.338 e. The van der Waals surface area contributed by atoms with Crippen molar-refractivity contribution >= 4 is 23.3 Å². The van der Waals surface area contributed by atoms with Crippen LogP contribution < -0.4 is 11.3 Å². The van der Waals surface area contributed by atoms with Gasteiger partial charge in [-0.1, -0.05) is 24.9 Å². The van der Waals surface area contributed by atoms with Gasteiger partial charge in [0.2, 0.25) is 0 Å². The highest BCUT2D eigenvalue weighted by Gasteiger charge is 2.24. The minimum atomic E-state index is -0.00359. The molecule has 0 saturated carbocycles. The van der Waals surface area contributed by atoms with Crippen LogP contribution in [0.1, 0.15) is 36.5 Å². The molecular weight excluding hydrogens is 264 g/mol. The number of amides is 1.